The van der Waals surface area contributed by atoms with Crippen LogP contribution in [-0.2, 0) is 16.0 Å². The summed E-state index contributed by atoms with van der Waals surface area (Å²) < 4.78 is 0. The highest BCUT2D eigenvalue weighted by molar-refractivity contribution is 8.00. The van der Waals surface area contributed by atoms with Crippen LogP contribution in [0, 0.1) is 13.8 Å². The second-order valence-electron chi connectivity index (χ2n) is 7.88. The van der Waals surface area contributed by atoms with Gasteiger partial charge in [-0.05, 0) is 55.2 Å². The van der Waals surface area contributed by atoms with Gasteiger partial charge in [0.15, 0.2) is 0 Å². The van der Waals surface area contributed by atoms with Gasteiger partial charge >= 0.3 is 0 Å². The summed E-state index contributed by atoms with van der Waals surface area (Å²) in [5.74, 6) is 0.549. The first-order valence-electron chi connectivity index (χ1n) is 10.5. The number of aryl methyl sites for hydroxylation is 3. The van der Waals surface area contributed by atoms with Crippen molar-refractivity contribution in [1.82, 2.24) is 0 Å². The molecule has 2 amide bonds. The number of benzene rings is 3. The molecule has 1 atom stereocenters. The fourth-order valence-electron chi connectivity index (χ4n) is 3.90. The molecule has 31 heavy (non-hydrogen) atoms. The van der Waals surface area contributed by atoms with E-state index in [4.69, 9.17) is 0 Å². The van der Waals surface area contributed by atoms with Crippen molar-refractivity contribution in [3.63, 3.8) is 0 Å². The lowest BCUT2D eigenvalue weighted by Gasteiger charge is -2.26. The van der Waals surface area contributed by atoms with Gasteiger partial charge in [0.1, 0.15) is 5.37 Å². The number of rotatable bonds is 6. The Morgan fingerprint density at radius 2 is 1.84 bits per heavy atom. The molecule has 0 spiro atoms. The van der Waals surface area contributed by atoms with Crippen molar-refractivity contribution in [1.29, 1.82) is 0 Å². The largest absolute Gasteiger partial charge is 0.326 e. The van der Waals surface area contributed by atoms with Gasteiger partial charge < -0.3 is 5.32 Å². The maximum absolute atomic E-state index is 12.7. The molecule has 1 aliphatic rings. The van der Waals surface area contributed by atoms with Crippen LogP contribution in [0.1, 0.15) is 34.0 Å². The molecular weight excluding hydrogens is 404 g/mol. The summed E-state index contributed by atoms with van der Waals surface area (Å²) in [5.41, 5.74) is 6.13. The lowest BCUT2D eigenvalue weighted by molar-refractivity contribution is -0.116. The van der Waals surface area contributed by atoms with Crippen LogP contribution < -0.4 is 10.2 Å². The van der Waals surface area contributed by atoms with Crippen molar-refractivity contribution in [3.8, 4) is 0 Å². The highest BCUT2D eigenvalue weighted by atomic mass is 32.2. The summed E-state index contributed by atoms with van der Waals surface area (Å²) in [6, 6.07) is 24.0. The summed E-state index contributed by atoms with van der Waals surface area (Å²) in [7, 11) is 0. The van der Waals surface area contributed by atoms with Crippen LogP contribution in [0.5, 0.6) is 0 Å². The fraction of sp³-hybridized carbons (Fsp3) is 0.231. The van der Waals surface area contributed by atoms with Gasteiger partial charge in [0.2, 0.25) is 11.8 Å². The molecule has 1 fully saturated rings. The minimum atomic E-state index is -0.102. The molecule has 0 bridgehead atoms. The van der Waals surface area contributed by atoms with E-state index in [1.807, 2.05) is 78.6 Å². The number of anilines is 2. The number of hydrogen-bond acceptors (Lipinski definition) is 3. The van der Waals surface area contributed by atoms with Gasteiger partial charge in [0.05, 0.1) is 5.75 Å². The van der Waals surface area contributed by atoms with E-state index in [0.717, 1.165) is 28.1 Å². The first kappa shape index (κ1) is 21.2. The molecular formula is C26H26N2O2S. The molecule has 0 unspecified atom stereocenters. The van der Waals surface area contributed by atoms with Gasteiger partial charge in [0.25, 0.3) is 0 Å². The normalized spacial score (nSPS) is 15.9. The zero-order chi connectivity index (χ0) is 21.8. The molecule has 1 aliphatic heterocycles. The van der Waals surface area contributed by atoms with Crippen LogP contribution in [0.15, 0.2) is 72.8 Å². The third kappa shape index (κ3) is 5.00. The number of nitrogens with one attached hydrogen (secondary N) is 1. The monoisotopic (exact) mass is 430 g/mol. The lowest BCUT2D eigenvalue weighted by atomic mass is 10.1. The van der Waals surface area contributed by atoms with Gasteiger partial charge in [-0.1, -0.05) is 60.2 Å². The van der Waals surface area contributed by atoms with E-state index in [1.54, 1.807) is 11.8 Å². The standard InChI is InChI=1S/C26H26N2O2S/c1-18-11-13-23(19(2)15-18)28-25(30)17-31-26(28)21-9-6-10-22(16-21)27-24(29)14-12-20-7-4-3-5-8-20/h3-11,13,15-16,26H,12,14,17H2,1-2H3,(H,27,29)/t26-/m1/s1. The van der Waals surface area contributed by atoms with Gasteiger partial charge in [0, 0.05) is 17.8 Å². The SMILES string of the molecule is Cc1ccc(N2C(=O)CS[C@@H]2c2cccc(NC(=O)CCc3ccccc3)c2)c(C)c1. The minimum absolute atomic E-state index is 0.0117. The van der Waals surface area contributed by atoms with Gasteiger partial charge in [-0.3, -0.25) is 14.5 Å². The molecule has 4 rings (SSSR count). The third-order valence-electron chi connectivity index (χ3n) is 5.42. The van der Waals surface area contributed by atoms with E-state index in [-0.39, 0.29) is 17.2 Å². The van der Waals surface area contributed by atoms with Crippen LogP contribution >= 0.6 is 11.8 Å². The molecule has 1 saturated heterocycles. The van der Waals surface area contributed by atoms with E-state index in [9.17, 15) is 9.59 Å². The molecule has 5 heteroatoms. The minimum Gasteiger partial charge on any atom is -0.326 e. The zero-order valence-electron chi connectivity index (χ0n) is 17.8. The smallest absolute Gasteiger partial charge is 0.238 e. The second kappa shape index (κ2) is 9.40. The zero-order valence-corrected chi connectivity index (χ0v) is 18.6. The maximum Gasteiger partial charge on any atom is 0.238 e. The number of amides is 2. The topological polar surface area (TPSA) is 49.4 Å². The molecule has 0 aromatic heterocycles. The first-order valence-corrected chi connectivity index (χ1v) is 11.5. The van der Waals surface area contributed by atoms with Crippen molar-refractivity contribution in [3.05, 3.63) is 95.1 Å². The summed E-state index contributed by atoms with van der Waals surface area (Å²) in [5, 5.41) is 2.91. The summed E-state index contributed by atoms with van der Waals surface area (Å²) >= 11 is 1.62. The van der Waals surface area contributed by atoms with Crippen molar-refractivity contribution < 1.29 is 9.59 Å². The van der Waals surface area contributed by atoms with Crippen LogP contribution in [-0.4, -0.2) is 17.6 Å². The molecule has 158 valence electrons. The van der Waals surface area contributed by atoms with E-state index >= 15 is 0 Å². The van der Waals surface area contributed by atoms with Gasteiger partial charge in [-0.25, -0.2) is 0 Å². The quantitative estimate of drug-likeness (QED) is 0.549. The predicted octanol–water partition coefficient (Wildman–Crippen LogP) is 5.65. The number of carbonyl (C=O) groups is 2. The predicted molar refractivity (Wildman–Crippen MR) is 128 cm³/mol. The Balaban J connectivity index is 1.49. The molecule has 0 aliphatic carbocycles. The van der Waals surface area contributed by atoms with Crippen LogP contribution in [0.3, 0.4) is 0 Å². The first-order chi connectivity index (χ1) is 15.0. The summed E-state index contributed by atoms with van der Waals surface area (Å²) in [6.45, 7) is 4.10. The number of thioether (sulfide) groups is 1. The number of hydrogen-bond donors (Lipinski definition) is 1. The average Bonchev–Trinajstić information content (AvgIpc) is 3.14. The van der Waals surface area contributed by atoms with Gasteiger partial charge in [-0.2, -0.15) is 0 Å². The van der Waals surface area contributed by atoms with E-state index in [0.29, 0.717) is 18.6 Å². The van der Waals surface area contributed by atoms with E-state index in [1.165, 1.54) is 5.56 Å². The van der Waals surface area contributed by atoms with E-state index < -0.39 is 0 Å². The number of nitrogens with zero attached hydrogens (tertiary/aromatic N) is 1. The molecule has 3 aromatic carbocycles. The summed E-state index contributed by atoms with van der Waals surface area (Å²) in [4.78, 5) is 27.1. The Morgan fingerprint density at radius 1 is 1.03 bits per heavy atom. The van der Waals surface area contributed by atoms with Crippen molar-refractivity contribution in [2.45, 2.75) is 32.1 Å². The summed E-state index contributed by atoms with van der Waals surface area (Å²) in [6.07, 6.45) is 1.14. The van der Waals surface area contributed by atoms with E-state index in [2.05, 4.69) is 18.3 Å². The molecule has 1 heterocycles. The molecule has 0 radical (unpaired) electrons. The van der Waals surface area contributed by atoms with Gasteiger partial charge in [-0.15, -0.1) is 11.8 Å². The Morgan fingerprint density at radius 3 is 2.61 bits per heavy atom. The van der Waals surface area contributed by atoms with Crippen molar-refractivity contribution >= 4 is 35.0 Å². The van der Waals surface area contributed by atoms with Crippen LogP contribution in [0.2, 0.25) is 0 Å². The molecule has 4 nitrogen and oxygen atoms in total. The average molecular weight is 431 g/mol. The Labute approximate surface area is 187 Å². The molecule has 0 saturated carbocycles. The highest BCUT2D eigenvalue weighted by Crippen LogP contribution is 2.43. The van der Waals surface area contributed by atoms with Crippen molar-refractivity contribution in [2.75, 3.05) is 16.0 Å². The maximum atomic E-state index is 12.7. The Kier molecular flexibility index (Phi) is 6.42. The third-order valence-corrected chi connectivity index (χ3v) is 6.63. The second-order valence-corrected chi connectivity index (χ2v) is 8.94. The fourth-order valence-corrected chi connectivity index (χ4v) is 5.06. The van der Waals surface area contributed by atoms with Crippen LogP contribution in [0.25, 0.3) is 0 Å². The Hall–Kier alpha value is -3.05. The Bertz CT molecular complexity index is 1100. The lowest BCUT2D eigenvalue weighted by Crippen LogP contribution is -2.28. The number of carbonyl (C=O) groups excluding carboxylic acids is 2. The van der Waals surface area contributed by atoms with Crippen molar-refractivity contribution in [2.24, 2.45) is 0 Å². The molecule has 3 aromatic rings. The molecule has 1 N–H and O–H groups in total. The van der Waals surface area contributed by atoms with Crippen LogP contribution in [0.4, 0.5) is 11.4 Å². The highest BCUT2D eigenvalue weighted by Gasteiger charge is 2.34.